The van der Waals surface area contributed by atoms with Crippen LogP contribution < -0.4 is 4.74 Å². The molecular weight excluding hydrogens is 251 g/mol. The van der Waals surface area contributed by atoms with Crippen LogP contribution in [0.5, 0.6) is 5.75 Å². The molecule has 16 heavy (non-hydrogen) atoms. The summed E-state index contributed by atoms with van der Waals surface area (Å²) in [6.07, 6.45) is 0. The van der Waals surface area contributed by atoms with Crippen LogP contribution in [-0.4, -0.2) is 18.2 Å². The van der Waals surface area contributed by atoms with Crippen LogP contribution in [0.2, 0.25) is 10.0 Å². The van der Waals surface area contributed by atoms with E-state index in [0.717, 1.165) is 0 Å². The van der Waals surface area contributed by atoms with Gasteiger partial charge in [-0.1, -0.05) is 23.2 Å². The van der Waals surface area contributed by atoms with Gasteiger partial charge in [0.1, 0.15) is 5.75 Å². The Labute approximate surface area is 104 Å². The van der Waals surface area contributed by atoms with Gasteiger partial charge in [-0.15, -0.1) is 0 Å². The van der Waals surface area contributed by atoms with Crippen molar-refractivity contribution in [3.05, 3.63) is 27.2 Å². The average Bonchev–Trinajstić information content (AvgIpc) is 2.21. The number of carboxylic acid groups (broad SMARTS) is 1. The SMILES string of the molecule is COc1c(Cl)cc(Cl)c(C)c1[C@@H](C)C(=O)O. The third-order valence-electron chi connectivity index (χ3n) is 2.48. The van der Waals surface area contributed by atoms with Gasteiger partial charge in [-0.05, 0) is 25.5 Å². The fraction of sp³-hybridized carbons (Fsp3) is 0.364. The maximum atomic E-state index is 11.0. The summed E-state index contributed by atoms with van der Waals surface area (Å²) in [6, 6.07) is 1.55. The molecule has 88 valence electrons. The van der Waals surface area contributed by atoms with Crippen LogP contribution in [0.15, 0.2) is 6.07 Å². The van der Waals surface area contributed by atoms with Gasteiger partial charge in [0.05, 0.1) is 18.1 Å². The molecule has 0 unspecified atom stereocenters. The molecular formula is C11H12Cl2O3. The molecule has 0 fully saturated rings. The number of ether oxygens (including phenoxy) is 1. The van der Waals surface area contributed by atoms with Crippen molar-refractivity contribution in [1.82, 2.24) is 0 Å². The zero-order chi connectivity index (χ0) is 12.5. The molecule has 0 aliphatic carbocycles. The Kier molecular flexibility index (Phi) is 4.05. The van der Waals surface area contributed by atoms with Crippen molar-refractivity contribution >= 4 is 29.2 Å². The monoisotopic (exact) mass is 262 g/mol. The van der Waals surface area contributed by atoms with E-state index in [4.69, 9.17) is 33.0 Å². The van der Waals surface area contributed by atoms with Gasteiger partial charge in [0, 0.05) is 10.6 Å². The second-order valence-electron chi connectivity index (χ2n) is 3.47. The van der Waals surface area contributed by atoms with E-state index in [-0.39, 0.29) is 0 Å². The molecule has 0 saturated heterocycles. The lowest BCUT2D eigenvalue weighted by Gasteiger charge is -2.17. The Balaban J connectivity index is 3.50. The van der Waals surface area contributed by atoms with Crippen LogP contribution in [0.25, 0.3) is 0 Å². The van der Waals surface area contributed by atoms with Crippen molar-refractivity contribution in [3.63, 3.8) is 0 Å². The van der Waals surface area contributed by atoms with E-state index >= 15 is 0 Å². The first-order valence-corrected chi connectivity index (χ1v) is 5.41. The molecule has 0 spiro atoms. The Hall–Kier alpha value is -0.930. The van der Waals surface area contributed by atoms with E-state index in [0.29, 0.717) is 26.9 Å². The van der Waals surface area contributed by atoms with Crippen molar-refractivity contribution in [2.45, 2.75) is 19.8 Å². The summed E-state index contributed by atoms with van der Waals surface area (Å²) in [5.41, 5.74) is 1.20. The summed E-state index contributed by atoms with van der Waals surface area (Å²) >= 11 is 11.9. The molecule has 0 aliphatic heterocycles. The molecule has 1 aromatic carbocycles. The lowest BCUT2D eigenvalue weighted by atomic mass is 9.95. The number of carbonyl (C=O) groups is 1. The minimum atomic E-state index is -0.945. The number of methoxy groups -OCH3 is 1. The standard InChI is InChI=1S/C11H12Cl2O3/c1-5-7(12)4-8(13)10(16-3)9(5)6(2)11(14)15/h4,6H,1-3H3,(H,14,15)/t6-/m1/s1. The Morgan fingerprint density at radius 2 is 2.00 bits per heavy atom. The smallest absolute Gasteiger partial charge is 0.310 e. The summed E-state index contributed by atoms with van der Waals surface area (Å²) in [5, 5.41) is 9.78. The molecule has 1 rings (SSSR count). The van der Waals surface area contributed by atoms with Crippen LogP contribution in [0, 0.1) is 6.92 Å². The first kappa shape index (κ1) is 13.1. The Bertz CT molecular complexity index is 430. The van der Waals surface area contributed by atoms with E-state index in [2.05, 4.69) is 0 Å². The molecule has 1 aromatic rings. The van der Waals surface area contributed by atoms with E-state index in [1.165, 1.54) is 7.11 Å². The molecule has 0 heterocycles. The van der Waals surface area contributed by atoms with Crippen LogP contribution >= 0.6 is 23.2 Å². The highest BCUT2D eigenvalue weighted by molar-refractivity contribution is 6.36. The highest BCUT2D eigenvalue weighted by Gasteiger charge is 2.24. The number of carboxylic acids is 1. The van der Waals surface area contributed by atoms with Crippen LogP contribution in [0.1, 0.15) is 24.0 Å². The van der Waals surface area contributed by atoms with Gasteiger partial charge in [0.25, 0.3) is 0 Å². The van der Waals surface area contributed by atoms with Crippen molar-refractivity contribution in [2.75, 3.05) is 7.11 Å². The van der Waals surface area contributed by atoms with E-state index in [1.54, 1.807) is 19.9 Å². The number of rotatable bonds is 3. The van der Waals surface area contributed by atoms with Crippen LogP contribution in [-0.2, 0) is 4.79 Å². The van der Waals surface area contributed by atoms with E-state index in [9.17, 15) is 4.79 Å². The zero-order valence-corrected chi connectivity index (χ0v) is 10.7. The second-order valence-corrected chi connectivity index (χ2v) is 4.29. The highest BCUT2D eigenvalue weighted by Crippen LogP contribution is 2.39. The van der Waals surface area contributed by atoms with Crippen LogP contribution in [0.4, 0.5) is 0 Å². The topological polar surface area (TPSA) is 46.5 Å². The zero-order valence-electron chi connectivity index (χ0n) is 9.17. The summed E-state index contributed by atoms with van der Waals surface area (Å²) in [4.78, 5) is 11.0. The lowest BCUT2D eigenvalue weighted by molar-refractivity contribution is -0.138. The lowest BCUT2D eigenvalue weighted by Crippen LogP contribution is -2.11. The maximum absolute atomic E-state index is 11.0. The molecule has 0 aliphatic rings. The first-order chi connectivity index (χ1) is 7.40. The van der Waals surface area contributed by atoms with Gasteiger partial charge in [-0.2, -0.15) is 0 Å². The van der Waals surface area contributed by atoms with Crippen molar-refractivity contribution in [1.29, 1.82) is 0 Å². The number of hydrogen-bond donors (Lipinski definition) is 1. The number of halogens is 2. The largest absolute Gasteiger partial charge is 0.495 e. The molecule has 5 heteroatoms. The van der Waals surface area contributed by atoms with E-state index < -0.39 is 11.9 Å². The van der Waals surface area contributed by atoms with E-state index in [1.807, 2.05) is 0 Å². The molecule has 0 bridgehead atoms. The molecule has 0 aromatic heterocycles. The van der Waals surface area contributed by atoms with Gasteiger partial charge in [0.15, 0.2) is 0 Å². The molecule has 1 atom stereocenters. The normalized spacial score (nSPS) is 12.3. The highest BCUT2D eigenvalue weighted by atomic mass is 35.5. The first-order valence-electron chi connectivity index (χ1n) is 4.65. The summed E-state index contributed by atoms with van der Waals surface area (Å²) in [7, 11) is 1.45. The fourth-order valence-corrected chi connectivity index (χ4v) is 2.12. The summed E-state index contributed by atoms with van der Waals surface area (Å²) in [6.45, 7) is 3.32. The summed E-state index contributed by atoms with van der Waals surface area (Å²) in [5.74, 6) is -1.29. The van der Waals surface area contributed by atoms with Crippen molar-refractivity contribution in [3.8, 4) is 5.75 Å². The Morgan fingerprint density at radius 3 is 2.44 bits per heavy atom. The number of aliphatic carboxylic acids is 1. The third-order valence-corrected chi connectivity index (χ3v) is 3.16. The molecule has 0 amide bonds. The van der Waals surface area contributed by atoms with Gasteiger partial charge in [0.2, 0.25) is 0 Å². The Morgan fingerprint density at radius 1 is 1.44 bits per heavy atom. The van der Waals surface area contributed by atoms with Gasteiger partial charge >= 0.3 is 5.97 Å². The number of hydrogen-bond acceptors (Lipinski definition) is 2. The predicted octanol–water partition coefficient (Wildman–Crippen LogP) is 3.50. The average molecular weight is 263 g/mol. The molecule has 0 radical (unpaired) electrons. The van der Waals surface area contributed by atoms with Crippen molar-refractivity contribution < 1.29 is 14.6 Å². The molecule has 1 N–H and O–H groups in total. The molecule has 3 nitrogen and oxygen atoms in total. The number of benzene rings is 1. The van der Waals surface area contributed by atoms with Crippen molar-refractivity contribution in [2.24, 2.45) is 0 Å². The quantitative estimate of drug-likeness (QED) is 0.907. The third kappa shape index (κ3) is 2.25. The van der Waals surface area contributed by atoms with Gasteiger partial charge < -0.3 is 9.84 Å². The second kappa shape index (κ2) is 4.93. The van der Waals surface area contributed by atoms with Gasteiger partial charge in [-0.25, -0.2) is 0 Å². The minimum absolute atomic E-state index is 0.321. The summed E-state index contributed by atoms with van der Waals surface area (Å²) < 4.78 is 5.13. The minimum Gasteiger partial charge on any atom is -0.495 e. The van der Waals surface area contributed by atoms with Gasteiger partial charge in [-0.3, -0.25) is 4.79 Å². The fourth-order valence-electron chi connectivity index (χ4n) is 1.56. The maximum Gasteiger partial charge on any atom is 0.310 e. The predicted molar refractivity (Wildman–Crippen MR) is 63.8 cm³/mol. The van der Waals surface area contributed by atoms with Crippen LogP contribution in [0.3, 0.4) is 0 Å². The molecule has 0 saturated carbocycles.